The molecule has 0 radical (unpaired) electrons. The Balaban J connectivity index is 3.50. The highest BCUT2D eigenvalue weighted by atomic mass is 16.5. The number of rotatable bonds is 26. The zero-order valence-electron chi connectivity index (χ0n) is 23.5. The van der Waals surface area contributed by atoms with Crippen molar-refractivity contribution in [2.75, 3.05) is 0 Å². The van der Waals surface area contributed by atoms with Gasteiger partial charge in [0, 0.05) is 6.42 Å². The van der Waals surface area contributed by atoms with Crippen LogP contribution >= 0.6 is 0 Å². The SMILES string of the molecule is CCCCC/C=C\C/C=C\CCCCCCCC(=O)OC(CC)CCCCCCCCCCC. The summed E-state index contributed by atoms with van der Waals surface area (Å²) in [5, 5.41) is 0. The van der Waals surface area contributed by atoms with E-state index in [0.29, 0.717) is 6.42 Å². The highest BCUT2D eigenvalue weighted by Gasteiger charge is 2.12. The number of carbonyl (C=O) groups excluding carboxylic acids is 1. The Morgan fingerprint density at radius 3 is 1.65 bits per heavy atom. The van der Waals surface area contributed by atoms with Gasteiger partial charge in [0.25, 0.3) is 0 Å². The zero-order valence-corrected chi connectivity index (χ0v) is 23.5. The Morgan fingerprint density at radius 1 is 0.588 bits per heavy atom. The van der Waals surface area contributed by atoms with Gasteiger partial charge in [0.05, 0.1) is 0 Å². The third-order valence-electron chi connectivity index (χ3n) is 6.71. The van der Waals surface area contributed by atoms with Gasteiger partial charge in [0.2, 0.25) is 0 Å². The first-order valence-corrected chi connectivity index (χ1v) is 15.2. The standard InChI is InChI=1S/C32H60O2/c1-4-7-9-11-13-15-16-17-18-19-20-22-24-26-28-30-32(33)34-31(6-3)29-27-25-23-21-14-12-10-8-5-2/h13,15,17-18,31H,4-12,14,16,19-30H2,1-3H3/b15-13-,18-17-. The fraction of sp³-hybridized carbons (Fsp3) is 0.844. The van der Waals surface area contributed by atoms with Crippen molar-refractivity contribution in [3.63, 3.8) is 0 Å². The first-order chi connectivity index (χ1) is 16.7. The molecule has 2 nitrogen and oxygen atoms in total. The second-order valence-electron chi connectivity index (χ2n) is 10.1. The number of hydrogen-bond donors (Lipinski definition) is 0. The lowest BCUT2D eigenvalue weighted by molar-refractivity contribution is -0.149. The second kappa shape index (κ2) is 28.2. The van der Waals surface area contributed by atoms with Gasteiger partial charge < -0.3 is 4.74 Å². The van der Waals surface area contributed by atoms with Crippen LogP contribution in [-0.2, 0) is 9.53 Å². The summed E-state index contributed by atoms with van der Waals surface area (Å²) in [5.74, 6) is 0.0217. The number of unbranched alkanes of at least 4 members (excludes halogenated alkanes) is 16. The molecular weight excluding hydrogens is 416 g/mol. The van der Waals surface area contributed by atoms with E-state index in [0.717, 1.165) is 32.1 Å². The Bertz CT molecular complexity index is 466. The van der Waals surface area contributed by atoms with E-state index in [1.807, 2.05) is 0 Å². The number of carbonyl (C=O) groups is 1. The van der Waals surface area contributed by atoms with Gasteiger partial charge in [-0.1, -0.05) is 129 Å². The fourth-order valence-electron chi connectivity index (χ4n) is 4.35. The van der Waals surface area contributed by atoms with E-state index in [1.165, 1.54) is 109 Å². The van der Waals surface area contributed by atoms with Crippen LogP contribution in [0.5, 0.6) is 0 Å². The maximum atomic E-state index is 12.2. The van der Waals surface area contributed by atoms with Crippen molar-refractivity contribution in [3.05, 3.63) is 24.3 Å². The molecule has 0 rings (SSSR count). The lowest BCUT2D eigenvalue weighted by Crippen LogP contribution is -2.17. The van der Waals surface area contributed by atoms with Crippen molar-refractivity contribution in [2.45, 2.75) is 175 Å². The molecule has 200 valence electrons. The van der Waals surface area contributed by atoms with E-state index >= 15 is 0 Å². The molecule has 0 aliphatic carbocycles. The summed E-state index contributed by atoms with van der Waals surface area (Å²) in [7, 11) is 0. The van der Waals surface area contributed by atoms with Crippen LogP contribution < -0.4 is 0 Å². The van der Waals surface area contributed by atoms with Crippen molar-refractivity contribution < 1.29 is 9.53 Å². The molecule has 1 unspecified atom stereocenters. The average molecular weight is 477 g/mol. The summed E-state index contributed by atoms with van der Waals surface area (Å²) in [5.41, 5.74) is 0. The Labute approximate surface area is 214 Å². The van der Waals surface area contributed by atoms with Crippen molar-refractivity contribution >= 4 is 5.97 Å². The molecule has 1 atom stereocenters. The van der Waals surface area contributed by atoms with Crippen molar-refractivity contribution in [3.8, 4) is 0 Å². The van der Waals surface area contributed by atoms with Crippen LogP contribution in [0.2, 0.25) is 0 Å². The molecule has 34 heavy (non-hydrogen) atoms. The maximum absolute atomic E-state index is 12.2. The van der Waals surface area contributed by atoms with Crippen LogP contribution in [0, 0.1) is 0 Å². The first kappa shape index (κ1) is 33.0. The molecule has 0 aliphatic rings. The third kappa shape index (κ3) is 25.6. The topological polar surface area (TPSA) is 26.3 Å². The van der Waals surface area contributed by atoms with Crippen molar-refractivity contribution in [2.24, 2.45) is 0 Å². The van der Waals surface area contributed by atoms with Gasteiger partial charge in [0.1, 0.15) is 6.10 Å². The van der Waals surface area contributed by atoms with Gasteiger partial charge in [-0.25, -0.2) is 0 Å². The second-order valence-corrected chi connectivity index (χ2v) is 10.1. The summed E-state index contributed by atoms with van der Waals surface area (Å²) in [6.07, 6.45) is 37.4. The van der Waals surface area contributed by atoms with Gasteiger partial charge in [-0.15, -0.1) is 0 Å². The van der Waals surface area contributed by atoms with Gasteiger partial charge in [-0.3, -0.25) is 4.79 Å². The zero-order chi connectivity index (χ0) is 25.0. The van der Waals surface area contributed by atoms with E-state index in [-0.39, 0.29) is 12.1 Å². The Morgan fingerprint density at radius 2 is 1.06 bits per heavy atom. The van der Waals surface area contributed by atoms with E-state index in [2.05, 4.69) is 45.1 Å². The van der Waals surface area contributed by atoms with Gasteiger partial charge in [-0.2, -0.15) is 0 Å². The van der Waals surface area contributed by atoms with Crippen LogP contribution in [0.1, 0.15) is 168 Å². The lowest BCUT2D eigenvalue weighted by atomic mass is 10.0. The summed E-state index contributed by atoms with van der Waals surface area (Å²) in [6, 6.07) is 0. The molecule has 0 aromatic rings. The van der Waals surface area contributed by atoms with Crippen LogP contribution in [-0.4, -0.2) is 12.1 Å². The van der Waals surface area contributed by atoms with Crippen LogP contribution in [0.3, 0.4) is 0 Å². The van der Waals surface area contributed by atoms with E-state index in [1.54, 1.807) is 0 Å². The van der Waals surface area contributed by atoms with E-state index in [4.69, 9.17) is 4.74 Å². The predicted octanol–water partition coefficient (Wildman–Crippen LogP) is 11.0. The molecule has 0 amide bonds. The number of hydrogen-bond acceptors (Lipinski definition) is 2. The molecule has 0 aromatic heterocycles. The number of allylic oxidation sites excluding steroid dienone is 4. The monoisotopic (exact) mass is 476 g/mol. The van der Waals surface area contributed by atoms with Crippen molar-refractivity contribution in [1.29, 1.82) is 0 Å². The molecular formula is C32H60O2. The van der Waals surface area contributed by atoms with Crippen LogP contribution in [0.25, 0.3) is 0 Å². The lowest BCUT2D eigenvalue weighted by Gasteiger charge is -2.16. The van der Waals surface area contributed by atoms with Gasteiger partial charge in [-0.05, 0) is 57.8 Å². The number of esters is 1. The fourth-order valence-corrected chi connectivity index (χ4v) is 4.35. The molecule has 0 aliphatic heterocycles. The summed E-state index contributed by atoms with van der Waals surface area (Å²) in [6.45, 7) is 6.67. The van der Waals surface area contributed by atoms with Crippen LogP contribution in [0.4, 0.5) is 0 Å². The largest absolute Gasteiger partial charge is 0.462 e. The Hall–Kier alpha value is -1.05. The summed E-state index contributed by atoms with van der Waals surface area (Å²) < 4.78 is 5.74. The summed E-state index contributed by atoms with van der Waals surface area (Å²) >= 11 is 0. The molecule has 0 saturated carbocycles. The number of ether oxygens (including phenoxy) is 1. The van der Waals surface area contributed by atoms with Crippen LogP contribution in [0.15, 0.2) is 24.3 Å². The van der Waals surface area contributed by atoms with E-state index in [9.17, 15) is 4.79 Å². The van der Waals surface area contributed by atoms with Gasteiger partial charge >= 0.3 is 5.97 Å². The molecule has 0 N–H and O–H groups in total. The molecule has 0 bridgehead atoms. The normalized spacial score (nSPS) is 12.7. The average Bonchev–Trinajstić information content (AvgIpc) is 2.84. The van der Waals surface area contributed by atoms with E-state index < -0.39 is 0 Å². The minimum Gasteiger partial charge on any atom is -0.462 e. The van der Waals surface area contributed by atoms with Gasteiger partial charge in [0.15, 0.2) is 0 Å². The minimum atomic E-state index is 0.0217. The maximum Gasteiger partial charge on any atom is 0.306 e. The molecule has 0 aromatic carbocycles. The Kier molecular flexibility index (Phi) is 27.3. The minimum absolute atomic E-state index is 0.0217. The highest BCUT2D eigenvalue weighted by Crippen LogP contribution is 2.15. The molecule has 2 heteroatoms. The molecule has 0 saturated heterocycles. The molecule has 0 heterocycles. The first-order valence-electron chi connectivity index (χ1n) is 15.2. The predicted molar refractivity (Wildman–Crippen MR) is 151 cm³/mol. The quantitative estimate of drug-likeness (QED) is 0.0704. The van der Waals surface area contributed by atoms with Crippen molar-refractivity contribution in [1.82, 2.24) is 0 Å². The smallest absolute Gasteiger partial charge is 0.306 e. The molecule has 0 spiro atoms. The third-order valence-corrected chi connectivity index (χ3v) is 6.71. The highest BCUT2D eigenvalue weighted by molar-refractivity contribution is 5.69. The summed E-state index contributed by atoms with van der Waals surface area (Å²) in [4.78, 5) is 12.2. The molecule has 0 fully saturated rings.